The molecule has 1 heterocycles. The van der Waals surface area contributed by atoms with Gasteiger partial charge in [-0.15, -0.1) is 11.6 Å². The molecule has 0 bridgehead atoms. The summed E-state index contributed by atoms with van der Waals surface area (Å²) in [5.41, 5.74) is 1.15. The molecular weight excluding hydrogens is 232 g/mol. The third-order valence-electron chi connectivity index (χ3n) is 3.64. The van der Waals surface area contributed by atoms with Crippen LogP contribution in [0.25, 0.3) is 0 Å². The zero-order chi connectivity index (χ0) is 12.1. The van der Waals surface area contributed by atoms with Crippen molar-refractivity contribution in [2.24, 2.45) is 0 Å². The van der Waals surface area contributed by atoms with Gasteiger partial charge in [-0.05, 0) is 25.8 Å². The lowest BCUT2D eigenvalue weighted by molar-refractivity contribution is 0.416. The number of hydrogen-bond donors (Lipinski definition) is 0. The van der Waals surface area contributed by atoms with Crippen molar-refractivity contribution in [3.8, 4) is 0 Å². The van der Waals surface area contributed by atoms with Crippen molar-refractivity contribution in [2.75, 3.05) is 11.4 Å². The molecule has 0 unspecified atom stereocenters. The highest BCUT2D eigenvalue weighted by atomic mass is 35.5. The van der Waals surface area contributed by atoms with Gasteiger partial charge in [-0.1, -0.05) is 25.3 Å². The molecule has 1 aromatic rings. The summed E-state index contributed by atoms with van der Waals surface area (Å²) in [6.07, 6.45) is 8.56. The molecule has 0 N–H and O–H groups in total. The lowest BCUT2D eigenvalue weighted by atomic mass is 9.94. The Bertz CT molecular complexity index is 348. The van der Waals surface area contributed by atoms with Crippen molar-refractivity contribution in [1.82, 2.24) is 4.98 Å². The van der Waals surface area contributed by atoms with E-state index in [0.717, 1.165) is 17.9 Å². The van der Waals surface area contributed by atoms with Gasteiger partial charge in [0.2, 0.25) is 0 Å². The molecule has 0 spiro atoms. The third-order valence-corrected chi connectivity index (χ3v) is 3.93. The summed E-state index contributed by atoms with van der Waals surface area (Å²) in [7, 11) is 0. The van der Waals surface area contributed by atoms with Gasteiger partial charge in [0.05, 0.1) is 5.88 Å². The van der Waals surface area contributed by atoms with E-state index >= 15 is 0 Å². The normalized spacial score (nSPS) is 17.1. The zero-order valence-corrected chi connectivity index (χ0v) is 11.3. The highest BCUT2D eigenvalue weighted by molar-refractivity contribution is 6.17. The number of pyridine rings is 1. The van der Waals surface area contributed by atoms with E-state index in [1.807, 2.05) is 12.3 Å². The van der Waals surface area contributed by atoms with E-state index in [-0.39, 0.29) is 0 Å². The second kappa shape index (κ2) is 6.25. The number of hydrogen-bond acceptors (Lipinski definition) is 2. The Morgan fingerprint density at radius 1 is 1.35 bits per heavy atom. The average molecular weight is 253 g/mol. The van der Waals surface area contributed by atoms with Crippen molar-refractivity contribution < 1.29 is 0 Å². The quantitative estimate of drug-likeness (QED) is 0.754. The van der Waals surface area contributed by atoms with Gasteiger partial charge in [0, 0.05) is 24.3 Å². The fourth-order valence-electron chi connectivity index (χ4n) is 2.77. The maximum absolute atomic E-state index is 6.01. The molecule has 0 atom stereocenters. The smallest absolute Gasteiger partial charge is 0.133 e. The molecule has 0 aliphatic heterocycles. The van der Waals surface area contributed by atoms with Gasteiger partial charge in [-0.2, -0.15) is 0 Å². The predicted octanol–water partition coefficient (Wildman–Crippen LogP) is 3.98. The number of aromatic nitrogens is 1. The van der Waals surface area contributed by atoms with Gasteiger partial charge in [0.25, 0.3) is 0 Å². The molecular formula is C14H21ClN2. The molecule has 3 heteroatoms. The number of halogens is 1. The molecule has 1 aliphatic rings. The highest BCUT2D eigenvalue weighted by Gasteiger charge is 2.22. The minimum atomic E-state index is 0.548. The largest absolute Gasteiger partial charge is 0.354 e. The van der Waals surface area contributed by atoms with Gasteiger partial charge < -0.3 is 4.90 Å². The maximum Gasteiger partial charge on any atom is 0.133 e. The molecule has 2 nitrogen and oxygen atoms in total. The zero-order valence-electron chi connectivity index (χ0n) is 10.5. The number of rotatable bonds is 4. The summed E-state index contributed by atoms with van der Waals surface area (Å²) in [5, 5.41) is 0. The lowest BCUT2D eigenvalue weighted by Gasteiger charge is -2.35. The van der Waals surface area contributed by atoms with E-state index in [0.29, 0.717) is 11.9 Å². The SMILES string of the molecule is CCN(c1ncccc1CCl)C1CCCCC1. The summed E-state index contributed by atoms with van der Waals surface area (Å²) >= 11 is 6.01. The van der Waals surface area contributed by atoms with Crippen molar-refractivity contribution in [3.63, 3.8) is 0 Å². The Morgan fingerprint density at radius 3 is 2.76 bits per heavy atom. The molecule has 1 aromatic heterocycles. The van der Waals surface area contributed by atoms with Crippen LogP contribution in [-0.2, 0) is 5.88 Å². The van der Waals surface area contributed by atoms with Crippen LogP contribution in [0.3, 0.4) is 0 Å². The molecule has 0 radical (unpaired) electrons. The summed E-state index contributed by atoms with van der Waals surface area (Å²) in [6.45, 7) is 3.23. The van der Waals surface area contributed by atoms with E-state index in [4.69, 9.17) is 11.6 Å². The molecule has 17 heavy (non-hydrogen) atoms. The van der Waals surface area contributed by atoms with Crippen LogP contribution in [0, 0.1) is 0 Å². The molecule has 0 saturated heterocycles. The molecule has 0 aromatic carbocycles. The maximum atomic E-state index is 6.01. The molecule has 94 valence electrons. The van der Waals surface area contributed by atoms with Crippen molar-refractivity contribution in [2.45, 2.75) is 50.9 Å². The number of alkyl halides is 1. The summed E-state index contributed by atoms with van der Waals surface area (Å²) in [5.74, 6) is 1.64. The van der Waals surface area contributed by atoms with E-state index < -0.39 is 0 Å². The number of nitrogens with zero attached hydrogens (tertiary/aromatic N) is 2. The first-order valence-electron chi connectivity index (χ1n) is 6.63. The van der Waals surface area contributed by atoms with Crippen molar-refractivity contribution >= 4 is 17.4 Å². The lowest BCUT2D eigenvalue weighted by Crippen LogP contribution is -2.37. The van der Waals surface area contributed by atoms with Crippen LogP contribution in [0.15, 0.2) is 18.3 Å². The fraction of sp³-hybridized carbons (Fsp3) is 0.643. The van der Waals surface area contributed by atoms with Gasteiger partial charge in [-0.25, -0.2) is 4.98 Å². The van der Waals surface area contributed by atoms with Crippen LogP contribution in [0.5, 0.6) is 0 Å². The standard InChI is InChI=1S/C14H21ClN2/c1-2-17(13-8-4-3-5-9-13)14-12(11-15)7-6-10-16-14/h6-7,10,13H,2-5,8-9,11H2,1H3. The first-order valence-corrected chi connectivity index (χ1v) is 7.16. The third kappa shape index (κ3) is 2.92. The van der Waals surface area contributed by atoms with E-state index in [2.05, 4.69) is 22.9 Å². The van der Waals surface area contributed by atoms with Crippen LogP contribution in [0.2, 0.25) is 0 Å². The van der Waals surface area contributed by atoms with Crippen LogP contribution < -0.4 is 4.90 Å². The van der Waals surface area contributed by atoms with Crippen LogP contribution in [-0.4, -0.2) is 17.6 Å². The summed E-state index contributed by atoms with van der Waals surface area (Å²) in [4.78, 5) is 6.98. The van der Waals surface area contributed by atoms with Crippen molar-refractivity contribution in [1.29, 1.82) is 0 Å². The highest BCUT2D eigenvalue weighted by Crippen LogP contribution is 2.28. The van der Waals surface area contributed by atoms with Gasteiger partial charge in [-0.3, -0.25) is 0 Å². The number of anilines is 1. The van der Waals surface area contributed by atoms with Gasteiger partial charge in [0.1, 0.15) is 5.82 Å². The Labute approximate surface area is 109 Å². The Hall–Kier alpha value is -0.760. The second-order valence-electron chi connectivity index (χ2n) is 4.70. The molecule has 1 fully saturated rings. The monoisotopic (exact) mass is 252 g/mol. The Morgan fingerprint density at radius 2 is 2.12 bits per heavy atom. The fourth-order valence-corrected chi connectivity index (χ4v) is 2.98. The molecule has 1 saturated carbocycles. The second-order valence-corrected chi connectivity index (χ2v) is 4.96. The predicted molar refractivity (Wildman–Crippen MR) is 73.7 cm³/mol. The van der Waals surface area contributed by atoms with Crippen LogP contribution in [0.4, 0.5) is 5.82 Å². The summed E-state index contributed by atoms with van der Waals surface area (Å²) < 4.78 is 0. The van der Waals surface area contributed by atoms with Crippen molar-refractivity contribution in [3.05, 3.63) is 23.9 Å². The minimum Gasteiger partial charge on any atom is -0.354 e. The topological polar surface area (TPSA) is 16.1 Å². The molecule has 0 amide bonds. The molecule has 1 aliphatic carbocycles. The Balaban J connectivity index is 2.21. The van der Waals surface area contributed by atoms with Gasteiger partial charge in [0.15, 0.2) is 0 Å². The summed E-state index contributed by atoms with van der Waals surface area (Å²) in [6, 6.07) is 4.71. The van der Waals surface area contributed by atoms with E-state index in [1.165, 1.54) is 32.1 Å². The van der Waals surface area contributed by atoms with E-state index in [1.54, 1.807) is 0 Å². The average Bonchev–Trinajstić information content (AvgIpc) is 2.41. The minimum absolute atomic E-state index is 0.548. The first-order chi connectivity index (χ1) is 8.36. The molecule has 2 rings (SSSR count). The van der Waals surface area contributed by atoms with Gasteiger partial charge >= 0.3 is 0 Å². The first kappa shape index (κ1) is 12.7. The van der Waals surface area contributed by atoms with Crippen LogP contribution >= 0.6 is 11.6 Å². The van der Waals surface area contributed by atoms with E-state index in [9.17, 15) is 0 Å². The van der Waals surface area contributed by atoms with Crippen LogP contribution in [0.1, 0.15) is 44.6 Å². The Kier molecular flexibility index (Phi) is 4.66.